The Morgan fingerprint density at radius 3 is 3.00 bits per heavy atom. The second-order valence-electron chi connectivity index (χ2n) is 5.02. The highest BCUT2D eigenvalue weighted by Gasteiger charge is 2.15. The van der Waals surface area contributed by atoms with Crippen molar-refractivity contribution in [2.45, 2.75) is 12.5 Å². The Morgan fingerprint density at radius 2 is 2.26 bits per heavy atom. The number of aromatic nitrogens is 2. The van der Waals surface area contributed by atoms with Gasteiger partial charge in [0.05, 0.1) is 30.2 Å². The van der Waals surface area contributed by atoms with Crippen molar-refractivity contribution in [3.05, 3.63) is 29.0 Å². The van der Waals surface area contributed by atoms with Crippen molar-refractivity contribution >= 4 is 53.4 Å². The molecule has 1 aromatic carbocycles. The zero-order valence-corrected chi connectivity index (χ0v) is 14.7. The van der Waals surface area contributed by atoms with Crippen LogP contribution in [0, 0.1) is 0 Å². The SMILES string of the molecule is Cl.Cl.O=C(Cc1nc2ccc(Cl)cc2[nH]1)NCC1CNCCO1. The minimum atomic E-state index is -0.0747. The number of imidazole rings is 1. The summed E-state index contributed by atoms with van der Waals surface area (Å²) in [5.41, 5.74) is 1.65. The van der Waals surface area contributed by atoms with Gasteiger partial charge in [0.1, 0.15) is 5.82 Å². The van der Waals surface area contributed by atoms with Crippen LogP contribution in [0.5, 0.6) is 0 Å². The van der Waals surface area contributed by atoms with Crippen molar-refractivity contribution in [2.24, 2.45) is 0 Å². The topological polar surface area (TPSA) is 79.0 Å². The first-order valence-electron chi connectivity index (χ1n) is 6.94. The summed E-state index contributed by atoms with van der Waals surface area (Å²) in [4.78, 5) is 19.4. The third kappa shape index (κ3) is 5.51. The van der Waals surface area contributed by atoms with Gasteiger partial charge in [-0.2, -0.15) is 0 Å². The number of halogens is 3. The zero-order valence-electron chi connectivity index (χ0n) is 12.3. The second kappa shape index (κ2) is 9.30. The summed E-state index contributed by atoms with van der Waals surface area (Å²) in [6.45, 7) is 2.83. The first kappa shape index (κ1) is 20.0. The molecule has 0 spiro atoms. The number of ether oxygens (including phenoxy) is 1. The molecule has 1 aliphatic heterocycles. The monoisotopic (exact) mass is 380 g/mol. The molecule has 1 amide bonds. The van der Waals surface area contributed by atoms with Crippen LogP contribution < -0.4 is 10.6 Å². The van der Waals surface area contributed by atoms with E-state index in [1.54, 1.807) is 12.1 Å². The molecule has 2 heterocycles. The van der Waals surface area contributed by atoms with Crippen LogP contribution in [-0.2, 0) is 16.0 Å². The highest BCUT2D eigenvalue weighted by atomic mass is 35.5. The van der Waals surface area contributed by atoms with Gasteiger partial charge in [-0.25, -0.2) is 4.98 Å². The standard InChI is InChI=1S/C14H17ClN4O2.2ClH/c15-9-1-2-11-12(5-9)19-13(18-11)6-14(20)17-8-10-7-16-3-4-21-10;;/h1-2,5,10,16H,3-4,6-8H2,(H,17,20)(H,18,19);2*1H. The lowest BCUT2D eigenvalue weighted by Crippen LogP contribution is -2.45. The number of fused-ring (bicyclic) bond motifs is 1. The Bertz CT molecular complexity index is 644. The van der Waals surface area contributed by atoms with E-state index in [1.807, 2.05) is 6.07 Å². The number of carbonyl (C=O) groups is 1. The van der Waals surface area contributed by atoms with Crippen molar-refractivity contribution in [3.8, 4) is 0 Å². The Labute approximate surface area is 151 Å². The zero-order chi connectivity index (χ0) is 14.7. The molecule has 9 heteroatoms. The normalized spacial score (nSPS) is 17.2. The quantitative estimate of drug-likeness (QED) is 0.753. The second-order valence-corrected chi connectivity index (χ2v) is 5.46. The van der Waals surface area contributed by atoms with E-state index in [2.05, 4.69) is 20.6 Å². The first-order chi connectivity index (χ1) is 10.2. The lowest BCUT2D eigenvalue weighted by molar-refractivity contribution is -0.121. The average Bonchev–Trinajstić information content (AvgIpc) is 2.87. The van der Waals surface area contributed by atoms with Crippen molar-refractivity contribution in [3.63, 3.8) is 0 Å². The Balaban J connectivity index is 0.00000132. The molecule has 1 atom stereocenters. The minimum Gasteiger partial charge on any atom is -0.374 e. The van der Waals surface area contributed by atoms with E-state index in [1.165, 1.54) is 0 Å². The number of morpholine rings is 1. The summed E-state index contributed by atoms with van der Waals surface area (Å²) in [6, 6.07) is 5.41. The molecule has 3 N–H and O–H groups in total. The van der Waals surface area contributed by atoms with Gasteiger partial charge < -0.3 is 20.4 Å². The maximum atomic E-state index is 11.9. The molecular weight excluding hydrogens is 363 g/mol. The van der Waals surface area contributed by atoms with Gasteiger partial charge >= 0.3 is 0 Å². The summed E-state index contributed by atoms with van der Waals surface area (Å²) in [6.07, 6.45) is 0.254. The molecule has 1 fully saturated rings. The Morgan fingerprint density at radius 1 is 1.43 bits per heavy atom. The van der Waals surface area contributed by atoms with Crippen molar-refractivity contribution < 1.29 is 9.53 Å². The van der Waals surface area contributed by atoms with E-state index < -0.39 is 0 Å². The summed E-state index contributed by atoms with van der Waals surface area (Å²) >= 11 is 5.92. The lowest BCUT2D eigenvalue weighted by atomic mass is 10.3. The first-order valence-corrected chi connectivity index (χ1v) is 7.31. The molecule has 1 saturated heterocycles. The molecule has 128 valence electrons. The van der Waals surface area contributed by atoms with Crippen LogP contribution in [0.25, 0.3) is 11.0 Å². The predicted octanol–water partition coefficient (Wildman–Crippen LogP) is 1.71. The number of carbonyl (C=O) groups excluding carboxylic acids is 1. The number of H-pyrrole nitrogens is 1. The summed E-state index contributed by atoms with van der Waals surface area (Å²) in [5.74, 6) is 0.557. The van der Waals surface area contributed by atoms with Crippen LogP contribution in [0.15, 0.2) is 18.2 Å². The fourth-order valence-corrected chi connectivity index (χ4v) is 2.48. The molecule has 0 bridgehead atoms. The van der Waals surface area contributed by atoms with Gasteiger partial charge in [0.25, 0.3) is 0 Å². The summed E-state index contributed by atoms with van der Waals surface area (Å²) in [7, 11) is 0. The molecule has 3 rings (SSSR count). The maximum absolute atomic E-state index is 11.9. The van der Waals surface area contributed by atoms with E-state index in [0.29, 0.717) is 24.0 Å². The van der Waals surface area contributed by atoms with Crippen molar-refractivity contribution in [1.29, 1.82) is 0 Å². The summed E-state index contributed by atoms with van der Waals surface area (Å²) < 4.78 is 5.52. The van der Waals surface area contributed by atoms with Crippen LogP contribution in [0.3, 0.4) is 0 Å². The number of benzene rings is 1. The number of rotatable bonds is 4. The fourth-order valence-electron chi connectivity index (χ4n) is 2.31. The van der Waals surface area contributed by atoms with Crippen LogP contribution in [0.1, 0.15) is 5.82 Å². The number of hydrogen-bond acceptors (Lipinski definition) is 4. The number of amides is 1. The van der Waals surface area contributed by atoms with Crippen molar-refractivity contribution in [2.75, 3.05) is 26.2 Å². The maximum Gasteiger partial charge on any atom is 0.227 e. The number of hydrogen-bond donors (Lipinski definition) is 3. The molecule has 2 aromatic rings. The Hall–Kier alpha value is -1.05. The van der Waals surface area contributed by atoms with Gasteiger partial charge in [0.15, 0.2) is 0 Å². The van der Waals surface area contributed by atoms with Gasteiger partial charge in [0.2, 0.25) is 5.91 Å². The van der Waals surface area contributed by atoms with E-state index in [4.69, 9.17) is 16.3 Å². The predicted molar refractivity (Wildman–Crippen MR) is 94.9 cm³/mol. The molecule has 23 heavy (non-hydrogen) atoms. The smallest absolute Gasteiger partial charge is 0.227 e. The van der Waals surface area contributed by atoms with Gasteiger partial charge in [-0.3, -0.25) is 4.79 Å². The van der Waals surface area contributed by atoms with Gasteiger partial charge in [0, 0.05) is 24.7 Å². The Kier molecular flexibility index (Phi) is 8.08. The van der Waals surface area contributed by atoms with Crippen LogP contribution >= 0.6 is 36.4 Å². The van der Waals surface area contributed by atoms with E-state index >= 15 is 0 Å². The van der Waals surface area contributed by atoms with Gasteiger partial charge in [-0.05, 0) is 18.2 Å². The molecular formula is C14H19Cl3N4O2. The highest BCUT2D eigenvalue weighted by Crippen LogP contribution is 2.17. The molecule has 1 aliphatic rings. The number of aromatic amines is 1. The van der Waals surface area contributed by atoms with Gasteiger partial charge in [-0.1, -0.05) is 11.6 Å². The van der Waals surface area contributed by atoms with Gasteiger partial charge in [-0.15, -0.1) is 24.8 Å². The number of nitrogens with one attached hydrogen (secondary N) is 3. The highest BCUT2D eigenvalue weighted by molar-refractivity contribution is 6.31. The largest absolute Gasteiger partial charge is 0.374 e. The molecule has 0 radical (unpaired) electrons. The van der Waals surface area contributed by atoms with Crippen LogP contribution in [0.4, 0.5) is 0 Å². The fraction of sp³-hybridized carbons (Fsp3) is 0.429. The average molecular weight is 382 g/mol. The molecule has 1 aromatic heterocycles. The van der Waals surface area contributed by atoms with Crippen LogP contribution in [-0.4, -0.2) is 48.2 Å². The van der Waals surface area contributed by atoms with E-state index in [-0.39, 0.29) is 43.2 Å². The molecule has 0 saturated carbocycles. The molecule has 0 aliphatic carbocycles. The van der Waals surface area contributed by atoms with E-state index in [9.17, 15) is 4.79 Å². The minimum absolute atomic E-state index is 0. The summed E-state index contributed by atoms with van der Waals surface area (Å²) in [5, 5.41) is 6.73. The van der Waals surface area contributed by atoms with E-state index in [0.717, 1.165) is 24.1 Å². The number of nitrogens with zero attached hydrogens (tertiary/aromatic N) is 1. The van der Waals surface area contributed by atoms with Crippen LogP contribution in [0.2, 0.25) is 5.02 Å². The third-order valence-electron chi connectivity index (χ3n) is 3.35. The van der Waals surface area contributed by atoms with Crippen molar-refractivity contribution in [1.82, 2.24) is 20.6 Å². The molecule has 1 unspecified atom stereocenters. The third-order valence-corrected chi connectivity index (χ3v) is 3.59. The lowest BCUT2D eigenvalue weighted by Gasteiger charge is -2.23. The molecule has 6 nitrogen and oxygen atoms in total.